The van der Waals surface area contributed by atoms with E-state index in [1.807, 2.05) is 37.3 Å². The van der Waals surface area contributed by atoms with E-state index >= 15 is 0 Å². The molecule has 8 heteroatoms. The SMILES string of the molecule is COc1cc(OC)c(OC)cc1/C=C1\Oc2c(cc3c(c2C)OCN(CCc2ccccc2Cl)C3)C1=O. The van der Waals surface area contributed by atoms with E-state index in [4.69, 9.17) is 35.3 Å². The summed E-state index contributed by atoms with van der Waals surface area (Å²) < 4.78 is 28.5. The Hall–Kier alpha value is -3.68. The van der Waals surface area contributed by atoms with E-state index in [9.17, 15) is 4.79 Å². The lowest BCUT2D eigenvalue weighted by Crippen LogP contribution is -2.34. The Bertz CT molecular complexity index is 1400. The Balaban J connectivity index is 1.40. The van der Waals surface area contributed by atoms with Gasteiger partial charge in [-0.15, -0.1) is 0 Å². The molecule has 0 aliphatic carbocycles. The first-order valence-electron chi connectivity index (χ1n) is 11.9. The number of allylic oxidation sites excluding steroid dienone is 1. The van der Waals surface area contributed by atoms with Gasteiger partial charge in [0.2, 0.25) is 5.78 Å². The van der Waals surface area contributed by atoms with Gasteiger partial charge in [0, 0.05) is 40.9 Å². The highest BCUT2D eigenvalue weighted by atomic mass is 35.5. The molecule has 192 valence electrons. The average molecular weight is 522 g/mol. The number of carbonyl (C=O) groups excluding carboxylic acids is 1. The number of ketones is 1. The standard InChI is InChI=1S/C29H28ClNO6/c1-17-28-20(15-31(16-36-28)10-9-18-7-5-6-8-22(18)30)11-21-27(32)26(37-29(17)21)13-19-12-24(34-3)25(35-4)14-23(19)33-2/h5-8,11-14H,9-10,15-16H2,1-4H3/b26-13-. The van der Waals surface area contributed by atoms with Gasteiger partial charge in [0.15, 0.2) is 17.3 Å². The third kappa shape index (κ3) is 4.72. The highest BCUT2D eigenvalue weighted by Crippen LogP contribution is 2.44. The minimum Gasteiger partial charge on any atom is -0.496 e. The molecule has 2 heterocycles. The van der Waals surface area contributed by atoms with Gasteiger partial charge < -0.3 is 23.7 Å². The van der Waals surface area contributed by atoms with Gasteiger partial charge in [-0.25, -0.2) is 0 Å². The second-order valence-electron chi connectivity index (χ2n) is 8.92. The van der Waals surface area contributed by atoms with Crippen molar-refractivity contribution < 1.29 is 28.5 Å². The van der Waals surface area contributed by atoms with Crippen molar-refractivity contribution in [3.8, 4) is 28.7 Å². The van der Waals surface area contributed by atoms with Gasteiger partial charge in [-0.1, -0.05) is 29.8 Å². The second-order valence-corrected chi connectivity index (χ2v) is 9.33. The topological polar surface area (TPSA) is 66.5 Å². The van der Waals surface area contributed by atoms with Crippen LogP contribution in [0.5, 0.6) is 28.7 Å². The lowest BCUT2D eigenvalue weighted by Gasteiger charge is -2.30. The zero-order valence-corrected chi connectivity index (χ0v) is 22.0. The van der Waals surface area contributed by atoms with Crippen molar-refractivity contribution in [1.82, 2.24) is 4.90 Å². The van der Waals surface area contributed by atoms with Gasteiger partial charge in [-0.2, -0.15) is 0 Å². The molecular weight excluding hydrogens is 494 g/mol. The molecule has 3 aromatic rings. The van der Waals surface area contributed by atoms with E-state index in [0.29, 0.717) is 47.4 Å². The first-order valence-corrected chi connectivity index (χ1v) is 12.3. The van der Waals surface area contributed by atoms with Crippen LogP contribution in [0.25, 0.3) is 6.08 Å². The van der Waals surface area contributed by atoms with Crippen molar-refractivity contribution in [1.29, 1.82) is 0 Å². The monoisotopic (exact) mass is 521 g/mol. The highest BCUT2D eigenvalue weighted by molar-refractivity contribution is 6.31. The van der Waals surface area contributed by atoms with Gasteiger partial charge in [0.25, 0.3) is 0 Å². The van der Waals surface area contributed by atoms with Crippen molar-refractivity contribution in [3.63, 3.8) is 0 Å². The number of hydrogen-bond acceptors (Lipinski definition) is 7. The fourth-order valence-corrected chi connectivity index (χ4v) is 4.96. The summed E-state index contributed by atoms with van der Waals surface area (Å²) in [5, 5.41) is 0.766. The van der Waals surface area contributed by atoms with Crippen LogP contribution in [-0.2, 0) is 13.0 Å². The average Bonchev–Trinajstić information content (AvgIpc) is 3.23. The van der Waals surface area contributed by atoms with Gasteiger partial charge >= 0.3 is 0 Å². The minimum absolute atomic E-state index is 0.189. The third-order valence-corrected chi connectivity index (χ3v) is 7.05. The number of rotatable bonds is 7. The maximum Gasteiger partial charge on any atom is 0.231 e. The number of hydrogen-bond donors (Lipinski definition) is 0. The van der Waals surface area contributed by atoms with Crippen molar-refractivity contribution in [2.75, 3.05) is 34.6 Å². The second kappa shape index (κ2) is 10.4. The maximum atomic E-state index is 13.4. The number of halogens is 1. The summed E-state index contributed by atoms with van der Waals surface area (Å²) in [6.45, 7) is 3.83. The first-order chi connectivity index (χ1) is 17.9. The molecule has 0 N–H and O–H groups in total. The van der Waals surface area contributed by atoms with E-state index in [0.717, 1.165) is 40.4 Å². The van der Waals surface area contributed by atoms with Crippen LogP contribution in [-0.4, -0.2) is 45.3 Å². The van der Waals surface area contributed by atoms with Crippen molar-refractivity contribution in [3.05, 3.63) is 81.1 Å². The summed E-state index contributed by atoms with van der Waals surface area (Å²) in [6, 6.07) is 13.2. The molecule has 0 saturated heterocycles. The van der Waals surface area contributed by atoms with Crippen molar-refractivity contribution in [2.24, 2.45) is 0 Å². The number of methoxy groups -OCH3 is 3. The van der Waals surface area contributed by atoms with Gasteiger partial charge in [0.05, 0.1) is 26.9 Å². The molecule has 0 unspecified atom stereocenters. The summed E-state index contributed by atoms with van der Waals surface area (Å²) in [6.07, 6.45) is 2.47. The molecule has 0 radical (unpaired) electrons. The fourth-order valence-electron chi connectivity index (χ4n) is 4.73. The number of nitrogens with zero attached hydrogens (tertiary/aromatic N) is 1. The lowest BCUT2D eigenvalue weighted by atomic mass is 9.99. The fraction of sp³-hybridized carbons (Fsp3) is 0.276. The van der Waals surface area contributed by atoms with Crippen LogP contribution in [0, 0.1) is 6.92 Å². The number of ether oxygens (including phenoxy) is 5. The molecule has 7 nitrogen and oxygen atoms in total. The van der Waals surface area contributed by atoms with Crippen LogP contribution in [0.1, 0.15) is 32.6 Å². The summed E-state index contributed by atoms with van der Waals surface area (Å²) in [4.78, 5) is 15.6. The van der Waals surface area contributed by atoms with Crippen LogP contribution in [0.3, 0.4) is 0 Å². The molecular formula is C29H28ClNO6. The van der Waals surface area contributed by atoms with E-state index in [2.05, 4.69) is 4.90 Å². The number of carbonyl (C=O) groups is 1. The summed E-state index contributed by atoms with van der Waals surface area (Å²) in [7, 11) is 4.67. The summed E-state index contributed by atoms with van der Waals surface area (Å²) >= 11 is 6.32. The Morgan fingerprint density at radius 2 is 1.73 bits per heavy atom. The van der Waals surface area contributed by atoms with Crippen LogP contribution >= 0.6 is 11.6 Å². The molecule has 2 aliphatic heterocycles. The molecule has 3 aromatic carbocycles. The molecule has 2 aliphatic rings. The first kappa shape index (κ1) is 25.0. The quantitative estimate of drug-likeness (QED) is 0.370. The lowest BCUT2D eigenvalue weighted by molar-refractivity contribution is 0.0954. The Morgan fingerprint density at radius 3 is 2.46 bits per heavy atom. The predicted octanol–water partition coefficient (Wildman–Crippen LogP) is 5.69. The largest absolute Gasteiger partial charge is 0.496 e. The Morgan fingerprint density at radius 1 is 1.00 bits per heavy atom. The van der Waals surface area contributed by atoms with Crippen molar-refractivity contribution >= 4 is 23.5 Å². The highest BCUT2D eigenvalue weighted by Gasteiger charge is 2.34. The van der Waals surface area contributed by atoms with Crippen LogP contribution < -0.4 is 23.7 Å². The molecule has 0 fully saturated rings. The number of fused-ring (bicyclic) bond motifs is 2. The maximum absolute atomic E-state index is 13.4. The molecule has 37 heavy (non-hydrogen) atoms. The third-order valence-electron chi connectivity index (χ3n) is 6.68. The van der Waals surface area contributed by atoms with Gasteiger partial charge in [-0.3, -0.25) is 9.69 Å². The molecule has 0 saturated carbocycles. The van der Waals surface area contributed by atoms with Gasteiger partial charge in [-0.05, 0) is 43.2 Å². The van der Waals surface area contributed by atoms with E-state index in [1.165, 1.54) is 0 Å². The van der Waals surface area contributed by atoms with E-state index < -0.39 is 0 Å². The Kier molecular flexibility index (Phi) is 7.00. The van der Waals surface area contributed by atoms with Crippen LogP contribution in [0.2, 0.25) is 5.02 Å². The number of benzene rings is 3. The number of Topliss-reactive ketones (excluding diaryl/α,β-unsaturated/α-hetero) is 1. The molecule has 0 bridgehead atoms. The van der Waals surface area contributed by atoms with Crippen molar-refractivity contribution in [2.45, 2.75) is 19.9 Å². The smallest absolute Gasteiger partial charge is 0.231 e. The summed E-state index contributed by atoms with van der Waals surface area (Å²) in [5.74, 6) is 2.90. The Labute approximate surface area is 221 Å². The molecule has 0 atom stereocenters. The van der Waals surface area contributed by atoms with E-state index in [-0.39, 0.29) is 11.5 Å². The van der Waals surface area contributed by atoms with Gasteiger partial charge in [0.1, 0.15) is 24.0 Å². The minimum atomic E-state index is -0.189. The molecule has 5 rings (SSSR count). The molecule has 0 aromatic heterocycles. The molecule has 0 amide bonds. The zero-order chi connectivity index (χ0) is 26.1. The molecule has 0 spiro atoms. The zero-order valence-electron chi connectivity index (χ0n) is 21.2. The van der Waals surface area contributed by atoms with Crippen LogP contribution in [0.15, 0.2) is 48.2 Å². The normalized spacial score (nSPS) is 15.6. The van der Waals surface area contributed by atoms with Crippen LogP contribution in [0.4, 0.5) is 0 Å². The predicted molar refractivity (Wildman–Crippen MR) is 141 cm³/mol. The summed E-state index contributed by atoms with van der Waals surface area (Å²) in [5.41, 5.74) is 4.04. The van der Waals surface area contributed by atoms with E-state index in [1.54, 1.807) is 39.5 Å².